The molecular weight excluding hydrogens is 458 g/mol. The van der Waals surface area contributed by atoms with E-state index < -0.39 is 22.8 Å². The average Bonchev–Trinajstić information content (AvgIpc) is 3.21. The summed E-state index contributed by atoms with van der Waals surface area (Å²) in [5.41, 5.74) is 1.81. The molecule has 0 fully saturated rings. The molecule has 32 heavy (non-hydrogen) atoms. The largest absolute Gasteiger partial charge is 0.464 e. The Labute approximate surface area is 191 Å². The second-order valence-corrected chi connectivity index (χ2v) is 9.62. The average molecular weight is 484 g/mol. The Kier molecular flexibility index (Phi) is 7.13. The summed E-state index contributed by atoms with van der Waals surface area (Å²) in [7, 11) is -2.60. The molecule has 1 amide bonds. The number of nitrogens with one attached hydrogen (secondary N) is 1. The van der Waals surface area contributed by atoms with Crippen LogP contribution in [0.1, 0.15) is 25.1 Å². The van der Waals surface area contributed by atoms with Crippen molar-refractivity contribution in [3.05, 3.63) is 46.7 Å². The van der Waals surface area contributed by atoms with Gasteiger partial charge < -0.3 is 14.4 Å². The molecule has 2 aromatic heterocycles. The molecular formula is C20H26ClN5O5S. The van der Waals surface area contributed by atoms with Gasteiger partial charge in [-0.25, -0.2) is 4.79 Å². The maximum Gasteiger partial charge on any atom is 0.422 e. The molecule has 10 nitrogen and oxygen atoms in total. The lowest BCUT2D eigenvalue weighted by Crippen LogP contribution is -2.44. The van der Waals surface area contributed by atoms with Crippen LogP contribution in [0.15, 0.2) is 30.5 Å². The standard InChI is InChI=1S/C20H26ClN5O5S/c1-13(2)31-10-8-22-32(29,30)26(20(27)28)12-17-14(3)23-24(4)19(17)25-9-7-15-11-16(21)5-6-18(15)25/h5-7,9,11,13,22H,8,10,12H2,1-4H3,(H,27,28). The van der Waals surface area contributed by atoms with E-state index in [1.54, 1.807) is 24.7 Å². The van der Waals surface area contributed by atoms with Gasteiger partial charge in [-0.15, -0.1) is 0 Å². The molecule has 0 atom stereocenters. The fourth-order valence-electron chi connectivity index (χ4n) is 3.42. The topological polar surface area (TPSA) is 119 Å². The Morgan fingerprint density at radius 1 is 1.34 bits per heavy atom. The van der Waals surface area contributed by atoms with Gasteiger partial charge in [0.15, 0.2) is 0 Å². The first kappa shape index (κ1) is 24.1. The molecule has 0 saturated carbocycles. The lowest BCUT2D eigenvalue weighted by atomic mass is 10.2. The van der Waals surface area contributed by atoms with Crippen LogP contribution in [0.2, 0.25) is 5.02 Å². The van der Waals surface area contributed by atoms with Gasteiger partial charge in [-0.2, -0.15) is 22.5 Å². The molecule has 0 radical (unpaired) electrons. The third-order valence-corrected chi connectivity index (χ3v) is 6.51. The van der Waals surface area contributed by atoms with Crippen LogP contribution in [-0.4, -0.2) is 57.5 Å². The zero-order valence-corrected chi connectivity index (χ0v) is 19.8. The summed E-state index contributed by atoms with van der Waals surface area (Å²) < 4.78 is 36.8. The van der Waals surface area contributed by atoms with Gasteiger partial charge in [-0.05, 0) is 45.0 Å². The van der Waals surface area contributed by atoms with Crippen LogP contribution in [0.25, 0.3) is 16.7 Å². The molecule has 12 heteroatoms. The lowest BCUT2D eigenvalue weighted by Gasteiger charge is -2.21. The maximum atomic E-state index is 12.7. The predicted molar refractivity (Wildman–Crippen MR) is 121 cm³/mol. The number of rotatable bonds is 9. The molecule has 1 aromatic carbocycles. The first-order valence-corrected chi connectivity index (χ1v) is 11.7. The minimum Gasteiger partial charge on any atom is -0.464 e. The number of hydrogen-bond acceptors (Lipinski definition) is 5. The van der Waals surface area contributed by atoms with Crippen molar-refractivity contribution >= 4 is 38.8 Å². The van der Waals surface area contributed by atoms with Crippen LogP contribution in [0.4, 0.5) is 4.79 Å². The number of ether oxygens (including phenoxy) is 1. The van der Waals surface area contributed by atoms with Crippen LogP contribution in [0.5, 0.6) is 0 Å². The fraction of sp³-hybridized carbons (Fsp3) is 0.400. The normalized spacial score (nSPS) is 12.1. The lowest BCUT2D eigenvalue weighted by molar-refractivity contribution is 0.0831. The highest BCUT2D eigenvalue weighted by Crippen LogP contribution is 2.27. The predicted octanol–water partition coefficient (Wildman–Crippen LogP) is 3.07. The van der Waals surface area contributed by atoms with Crippen LogP contribution < -0.4 is 4.72 Å². The Morgan fingerprint density at radius 2 is 2.06 bits per heavy atom. The molecule has 3 aromatic rings. The Morgan fingerprint density at radius 3 is 2.72 bits per heavy atom. The number of carboxylic acid groups (broad SMARTS) is 1. The van der Waals surface area contributed by atoms with Crippen LogP contribution >= 0.6 is 11.6 Å². The molecule has 0 unspecified atom stereocenters. The molecule has 0 aliphatic rings. The number of amides is 1. The smallest absolute Gasteiger partial charge is 0.422 e. The molecule has 0 spiro atoms. The molecule has 2 N–H and O–H groups in total. The van der Waals surface area contributed by atoms with Crippen molar-refractivity contribution in [2.75, 3.05) is 13.2 Å². The summed E-state index contributed by atoms with van der Waals surface area (Å²) >= 11 is 6.08. The zero-order valence-electron chi connectivity index (χ0n) is 18.2. The summed E-state index contributed by atoms with van der Waals surface area (Å²) in [5.74, 6) is 0.560. The zero-order chi connectivity index (χ0) is 23.6. The van der Waals surface area contributed by atoms with Crippen LogP contribution in [-0.2, 0) is 28.5 Å². The van der Waals surface area contributed by atoms with Gasteiger partial charge >= 0.3 is 16.3 Å². The second kappa shape index (κ2) is 9.49. The third-order valence-electron chi connectivity index (χ3n) is 4.84. The van der Waals surface area contributed by atoms with E-state index in [9.17, 15) is 18.3 Å². The quantitative estimate of drug-likeness (QED) is 0.451. The van der Waals surface area contributed by atoms with E-state index in [0.29, 0.717) is 26.4 Å². The first-order chi connectivity index (χ1) is 15.0. The number of benzene rings is 1. The van der Waals surface area contributed by atoms with Gasteiger partial charge in [0.05, 0.1) is 30.5 Å². The van der Waals surface area contributed by atoms with E-state index in [1.165, 1.54) is 0 Å². The molecule has 2 heterocycles. The van der Waals surface area contributed by atoms with Crippen molar-refractivity contribution in [3.8, 4) is 5.82 Å². The summed E-state index contributed by atoms with van der Waals surface area (Å²) in [5, 5.41) is 15.5. The van der Waals surface area contributed by atoms with Gasteiger partial charge in [0.1, 0.15) is 5.82 Å². The van der Waals surface area contributed by atoms with Crippen molar-refractivity contribution in [3.63, 3.8) is 0 Å². The van der Waals surface area contributed by atoms with Gasteiger partial charge in [-0.1, -0.05) is 11.6 Å². The van der Waals surface area contributed by atoms with Crippen molar-refractivity contribution in [1.82, 2.24) is 23.4 Å². The van der Waals surface area contributed by atoms with Crippen molar-refractivity contribution < 1.29 is 23.1 Å². The van der Waals surface area contributed by atoms with E-state index >= 15 is 0 Å². The Bertz CT molecular complexity index is 1230. The number of hydrogen-bond donors (Lipinski definition) is 2. The van der Waals surface area contributed by atoms with Crippen LogP contribution in [0.3, 0.4) is 0 Å². The number of aryl methyl sites for hydroxylation is 2. The minimum atomic E-state index is -4.32. The Hall–Kier alpha value is -2.60. The molecule has 0 aliphatic carbocycles. The Balaban J connectivity index is 1.96. The van der Waals surface area contributed by atoms with Crippen molar-refractivity contribution in [2.45, 2.75) is 33.4 Å². The SMILES string of the molecule is Cc1nn(C)c(-n2ccc3cc(Cl)ccc32)c1CN(C(=O)O)S(=O)(=O)NCCOC(C)C. The number of aromatic nitrogens is 3. The van der Waals surface area contributed by atoms with Crippen molar-refractivity contribution in [1.29, 1.82) is 0 Å². The van der Waals surface area contributed by atoms with Crippen molar-refractivity contribution in [2.24, 2.45) is 7.05 Å². The van der Waals surface area contributed by atoms with Gasteiger partial charge in [0.2, 0.25) is 0 Å². The third kappa shape index (κ3) is 5.07. The van der Waals surface area contributed by atoms with E-state index in [2.05, 4.69) is 9.82 Å². The number of halogens is 1. The van der Waals surface area contributed by atoms with Gasteiger partial charge in [0, 0.05) is 35.8 Å². The molecule has 174 valence electrons. The summed E-state index contributed by atoms with van der Waals surface area (Å²) in [6.45, 7) is 5.02. The number of fused-ring (bicyclic) bond motifs is 1. The van der Waals surface area contributed by atoms with Crippen LogP contribution in [0, 0.1) is 6.92 Å². The first-order valence-electron chi connectivity index (χ1n) is 9.92. The molecule has 3 rings (SSSR count). The minimum absolute atomic E-state index is 0.0494. The molecule has 0 bridgehead atoms. The van der Waals surface area contributed by atoms with E-state index in [-0.39, 0.29) is 19.3 Å². The highest BCUT2D eigenvalue weighted by Gasteiger charge is 2.30. The summed E-state index contributed by atoms with van der Waals surface area (Å²) in [6, 6.07) is 7.27. The fourth-order valence-corrected chi connectivity index (χ4v) is 4.60. The number of nitrogens with zero attached hydrogens (tertiary/aromatic N) is 4. The summed E-state index contributed by atoms with van der Waals surface area (Å²) in [6.07, 6.45) is 0.143. The van der Waals surface area contributed by atoms with E-state index in [1.807, 2.05) is 42.8 Å². The van der Waals surface area contributed by atoms with Gasteiger partial charge in [0.25, 0.3) is 0 Å². The van der Waals surface area contributed by atoms with E-state index in [4.69, 9.17) is 16.3 Å². The summed E-state index contributed by atoms with van der Waals surface area (Å²) in [4.78, 5) is 11.9. The highest BCUT2D eigenvalue weighted by atomic mass is 35.5. The molecule has 0 saturated heterocycles. The monoisotopic (exact) mass is 483 g/mol. The number of carbonyl (C=O) groups is 1. The second-order valence-electron chi connectivity index (χ2n) is 7.51. The molecule has 0 aliphatic heterocycles. The highest BCUT2D eigenvalue weighted by molar-refractivity contribution is 7.87. The van der Waals surface area contributed by atoms with E-state index in [0.717, 1.165) is 10.9 Å². The van der Waals surface area contributed by atoms with Gasteiger partial charge in [-0.3, -0.25) is 4.68 Å². The maximum absolute atomic E-state index is 12.7.